The molecule has 0 amide bonds. The van der Waals surface area contributed by atoms with Gasteiger partial charge in [-0.05, 0) is 0 Å². The van der Waals surface area contributed by atoms with Crippen LogP contribution in [0.25, 0.3) is 0 Å². The van der Waals surface area contributed by atoms with Crippen molar-refractivity contribution in [2.75, 3.05) is 20.8 Å². The Labute approximate surface area is 119 Å². The number of aromatic hydroxyl groups is 1. The van der Waals surface area contributed by atoms with Crippen LogP contribution in [0.3, 0.4) is 0 Å². The van der Waals surface area contributed by atoms with E-state index in [0.29, 0.717) is 17.1 Å². The van der Waals surface area contributed by atoms with Crippen molar-refractivity contribution in [1.29, 1.82) is 0 Å². The number of aliphatic hydroxyl groups is 1. The van der Waals surface area contributed by atoms with Gasteiger partial charge in [0.05, 0.1) is 19.8 Å². The van der Waals surface area contributed by atoms with Crippen LogP contribution in [0, 0.1) is 5.41 Å². The molecular formula is C13H22ClNO4. The molecule has 6 heteroatoms. The zero-order valence-corrected chi connectivity index (χ0v) is 12.5. The fourth-order valence-corrected chi connectivity index (χ4v) is 1.68. The number of nitrogens with two attached hydrogens (primary N) is 1. The third kappa shape index (κ3) is 3.65. The SMILES string of the molecule is COc1cc(O)c([C@@H](N)C(C)(C)CO)c(OC)c1.Cl. The highest BCUT2D eigenvalue weighted by Crippen LogP contribution is 2.42. The predicted molar refractivity (Wildman–Crippen MR) is 76.3 cm³/mol. The van der Waals surface area contributed by atoms with Gasteiger partial charge < -0.3 is 25.4 Å². The first-order valence-corrected chi connectivity index (χ1v) is 5.68. The Hall–Kier alpha value is -1.17. The number of hydrogen-bond donors (Lipinski definition) is 3. The molecule has 1 aromatic rings. The Morgan fingerprint density at radius 3 is 2.26 bits per heavy atom. The van der Waals surface area contributed by atoms with Gasteiger partial charge in [-0.15, -0.1) is 12.4 Å². The van der Waals surface area contributed by atoms with E-state index in [1.54, 1.807) is 6.07 Å². The summed E-state index contributed by atoms with van der Waals surface area (Å²) in [6, 6.07) is 2.58. The average molecular weight is 292 g/mol. The molecule has 0 aliphatic rings. The third-order valence-corrected chi connectivity index (χ3v) is 3.11. The number of aliphatic hydroxyl groups excluding tert-OH is 1. The topological polar surface area (TPSA) is 84.9 Å². The maximum Gasteiger partial charge on any atom is 0.131 e. The molecular weight excluding hydrogens is 270 g/mol. The van der Waals surface area contributed by atoms with Crippen LogP contribution in [0.5, 0.6) is 17.2 Å². The molecule has 0 aromatic heterocycles. The van der Waals surface area contributed by atoms with Crippen molar-refractivity contribution in [2.24, 2.45) is 11.1 Å². The second-order valence-corrected chi connectivity index (χ2v) is 4.89. The van der Waals surface area contributed by atoms with Crippen molar-refractivity contribution >= 4 is 12.4 Å². The number of phenolic OH excluding ortho intramolecular Hbond substituents is 1. The molecule has 5 nitrogen and oxygen atoms in total. The molecule has 4 N–H and O–H groups in total. The molecule has 0 unspecified atom stereocenters. The van der Waals surface area contributed by atoms with Gasteiger partial charge in [0.15, 0.2) is 0 Å². The van der Waals surface area contributed by atoms with Crippen molar-refractivity contribution in [1.82, 2.24) is 0 Å². The first-order chi connectivity index (χ1) is 8.37. The van der Waals surface area contributed by atoms with Gasteiger partial charge in [0, 0.05) is 30.2 Å². The van der Waals surface area contributed by atoms with Crippen molar-refractivity contribution in [2.45, 2.75) is 19.9 Å². The Balaban J connectivity index is 0.00000324. The average Bonchev–Trinajstić information content (AvgIpc) is 2.36. The number of rotatable bonds is 5. The molecule has 1 atom stereocenters. The molecule has 0 saturated heterocycles. The van der Waals surface area contributed by atoms with Crippen molar-refractivity contribution in [3.63, 3.8) is 0 Å². The van der Waals surface area contributed by atoms with E-state index in [0.717, 1.165) is 0 Å². The summed E-state index contributed by atoms with van der Waals surface area (Å²) >= 11 is 0. The van der Waals surface area contributed by atoms with E-state index in [9.17, 15) is 10.2 Å². The summed E-state index contributed by atoms with van der Waals surface area (Å²) in [6.07, 6.45) is 0. The predicted octanol–water partition coefficient (Wildman–Crippen LogP) is 1.85. The standard InChI is InChI=1S/C13H21NO4.ClH/c1-13(2,7-15)12(14)11-9(16)5-8(17-3)6-10(11)18-4;/h5-6,12,15-16H,7,14H2,1-4H3;1H/t12-;/m1./s1. The minimum absolute atomic E-state index is 0. The summed E-state index contributed by atoms with van der Waals surface area (Å²) in [5.41, 5.74) is 6.01. The van der Waals surface area contributed by atoms with Gasteiger partial charge >= 0.3 is 0 Å². The number of benzene rings is 1. The summed E-state index contributed by atoms with van der Waals surface area (Å²) in [5.74, 6) is 0.934. The van der Waals surface area contributed by atoms with E-state index >= 15 is 0 Å². The molecule has 0 saturated carbocycles. The summed E-state index contributed by atoms with van der Waals surface area (Å²) < 4.78 is 10.3. The van der Waals surface area contributed by atoms with Crippen molar-refractivity contribution < 1.29 is 19.7 Å². The summed E-state index contributed by atoms with van der Waals surface area (Å²) in [5, 5.41) is 19.4. The van der Waals surface area contributed by atoms with E-state index in [2.05, 4.69) is 0 Å². The Bertz CT molecular complexity index is 423. The molecule has 0 radical (unpaired) electrons. The molecule has 1 aromatic carbocycles. The van der Waals surface area contributed by atoms with Crippen LogP contribution in [-0.4, -0.2) is 31.0 Å². The van der Waals surface area contributed by atoms with Gasteiger partial charge in [-0.25, -0.2) is 0 Å². The number of ether oxygens (including phenoxy) is 2. The highest BCUT2D eigenvalue weighted by atomic mass is 35.5. The van der Waals surface area contributed by atoms with Crippen LogP contribution >= 0.6 is 12.4 Å². The Morgan fingerprint density at radius 2 is 1.84 bits per heavy atom. The Morgan fingerprint density at radius 1 is 1.26 bits per heavy atom. The highest BCUT2D eigenvalue weighted by Gasteiger charge is 2.31. The minimum atomic E-state index is -0.570. The van der Waals surface area contributed by atoms with E-state index < -0.39 is 11.5 Å². The van der Waals surface area contributed by atoms with Crippen LogP contribution in [0.2, 0.25) is 0 Å². The zero-order valence-electron chi connectivity index (χ0n) is 11.6. The lowest BCUT2D eigenvalue weighted by molar-refractivity contribution is 0.130. The first kappa shape index (κ1) is 17.8. The molecule has 0 bridgehead atoms. The van der Waals surface area contributed by atoms with Crippen LogP contribution in [-0.2, 0) is 0 Å². The maximum atomic E-state index is 10.0. The first-order valence-electron chi connectivity index (χ1n) is 5.68. The van der Waals surface area contributed by atoms with Gasteiger partial charge in [-0.2, -0.15) is 0 Å². The quantitative estimate of drug-likeness (QED) is 0.771. The number of halogens is 1. The highest BCUT2D eigenvalue weighted by molar-refractivity contribution is 5.85. The zero-order chi connectivity index (χ0) is 13.9. The van der Waals surface area contributed by atoms with Crippen molar-refractivity contribution in [3.8, 4) is 17.2 Å². The molecule has 0 fully saturated rings. The molecule has 19 heavy (non-hydrogen) atoms. The summed E-state index contributed by atoms with van der Waals surface area (Å²) in [7, 11) is 3.00. The second kappa shape index (κ2) is 6.84. The lowest BCUT2D eigenvalue weighted by atomic mass is 9.81. The maximum absolute atomic E-state index is 10.0. The smallest absolute Gasteiger partial charge is 0.131 e. The third-order valence-electron chi connectivity index (χ3n) is 3.11. The molecule has 0 aliphatic carbocycles. The van der Waals surface area contributed by atoms with E-state index in [-0.39, 0.29) is 24.8 Å². The molecule has 0 spiro atoms. The normalized spacial score (nSPS) is 12.5. The number of hydrogen-bond acceptors (Lipinski definition) is 5. The molecule has 0 aliphatic heterocycles. The van der Waals surface area contributed by atoms with E-state index in [4.69, 9.17) is 15.2 Å². The monoisotopic (exact) mass is 291 g/mol. The van der Waals surface area contributed by atoms with Gasteiger partial charge in [0.2, 0.25) is 0 Å². The second-order valence-electron chi connectivity index (χ2n) is 4.89. The van der Waals surface area contributed by atoms with Crippen LogP contribution < -0.4 is 15.2 Å². The van der Waals surface area contributed by atoms with Crippen LogP contribution in [0.4, 0.5) is 0 Å². The Kier molecular flexibility index (Phi) is 6.42. The molecule has 0 heterocycles. The van der Waals surface area contributed by atoms with Gasteiger partial charge in [-0.1, -0.05) is 13.8 Å². The molecule has 110 valence electrons. The largest absolute Gasteiger partial charge is 0.507 e. The summed E-state index contributed by atoms with van der Waals surface area (Å²) in [6.45, 7) is 3.55. The fraction of sp³-hybridized carbons (Fsp3) is 0.538. The lowest BCUT2D eigenvalue weighted by Crippen LogP contribution is -2.32. The summed E-state index contributed by atoms with van der Waals surface area (Å²) in [4.78, 5) is 0. The number of phenols is 1. The minimum Gasteiger partial charge on any atom is -0.507 e. The van der Waals surface area contributed by atoms with E-state index in [1.165, 1.54) is 20.3 Å². The number of methoxy groups -OCH3 is 2. The van der Waals surface area contributed by atoms with Gasteiger partial charge in [0.1, 0.15) is 17.2 Å². The fourth-order valence-electron chi connectivity index (χ4n) is 1.68. The molecule has 1 rings (SSSR count). The van der Waals surface area contributed by atoms with Gasteiger partial charge in [0.25, 0.3) is 0 Å². The van der Waals surface area contributed by atoms with Crippen LogP contribution in [0.1, 0.15) is 25.5 Å². The van der Waals surface area contributed by atoms with Gasteiger partial charge in [-0.3, -0.25) is 0 Å². The van der Waals surface area contributed by atoms with Crippen molar-refractivity contribution in [3.05, 3.63) is 17.7 Å². The van der Waals surface area contributed by atoms with Crippen LogP contribution in [0.15, 0.2) is 12.1 Å². The lowest BCUT2D eigenvalue weighted by Gasteiger charge is -2.31. The van der Waals surface area contributed by atoms with E-state index in [1.807, 2.05) is 13.8 Å².